The van der Waals surface area contributed by atoms with E-state index in [0.29, 0.717) is 41.9 Å². The SMILES string of the molecule is Cc1ccc(Oc2cccc(C(=O)NCCNc3cc(-n4cccc4)nc(C)n3)c2)nn1. The molecule has 0 aliphatic rings. The third kappa shape index (κ3) is 5.45. The van der Waals surface area contributed by atoms with E-state index in [2.05, 4.69) is 30.8 Å². The molecule has 1 aromatic carbocycles. The fourth-order valence-corrected chi connectivity index (χ4v) is 2.99. The smallest absolute Gasteiger partial charge is 0.251 e. The molecule has 0 aliphatic carbocycles. The van der Waals surface area contributed by atoms with Crippen LogP contribution < -0.4 is 15.4 Å². The zero-order valence-electron chi connectivity index (χ0n) is 17.8. The average molecular weight is 429 g/mol. The Hall–Kier alpha value is -4.27. The van der Waals surface area contributed by atoms with Gasteiger partial charge < -0.3 is 19.9 Å². The maximum Gasteiger partial charge on any atom is 0.251 e. The molecule has 0 atom stereocenters. The van der Waals surface area contributed by atoms with Crippen LogP contribution in [0.5, 0.6) is 11.6 Å². The van der Waals surface area contributed by atoms with Crippen LogP contribution in [0.4, 0.5) is 5.82 Å². The summed E-state index contributed by atoms with van der Waals surface area (Å²) < 4.78 is 7.59. The first kappa shape index (κ1) is 21.0. The summed E-state index contributed by atoms with van der Waals surface area (Å²) in [5.74, 6) is 2.84. The molecule has 32 heavy (non-hydrogen) atoms. The molecule has 162 valence electrons. The van der Waals surface area contributed by atoms with Crippen molar-refractivity contribution < 1.29 is 9.53 Å². The molecule has 9 heteroatoms. The summed E-state index contributed by atoms with van der Waals surface area (Å²) in [4.78, 5) is 21.4. The van der Waals surface area contributed by atoms with Crippen molar-refractivity contribution >= 4 is 11.7 Å². The molecule has 0 unspecified atom stereocenters. The first-order chi connectivity index (χ1) is 15.6. The molecule has 0 bridgehead atoms. The Morgan fingerprint density at radius 3 is 2.59 bits per heavy atom. The van der Waals surface area contributed by atoms with Crippen molar-refractivity contribution in [1.82, 2.24) is 30.0 Å². The third-order valence-corrected chi connectivity index (χ3v) is 4.50. The fourth-order valence-electron chi connectivity index (χ4n) is 2.99. The summed E-state index contributed by atoms with van der Waals surface area (Å²) >= 11 is 0. The number of anilines is 1. The number of carbonyl (C=O) groups is 1. The standard InChI is InChI=1S/C23H23N7O2/c1-16-8-9-22(29-28-16)32-19-7-5-6-18(14-19)23(31)25-11-10-24-20-15-21(27-17(2)26-20)30-12-3-4-13-30/h3-9,12-15H,10-11H2,1-2H3,(H,25,31)(H,24,26,27). The highest BCUT2D eigenvalue weighted by Gasteiger charge is 2.08. The van der Waals surface area contributed by atoms with Gasteiger partial charge in [-0.05, 0) is 50.2 Å². The Bertz CT molecular complexity index is 1190. The van der Waals surface area contributed by atoms with Gasteiger partial charge in [-0.25, -0.2) is 9.97 Å². The van der Waals surface area contributed by atoms with Gasteiger partial charge in [0.15, 0.2) is 0 Å². The third-order valence-electron chi connectivity index (χ3n) is 4.50. The Kier molecular flexibility index (Phi) is 6.35. The van der Waals surface area contributed by atoms with E-state index in [-0.39, 0.29) is 5.91 Å². The number of nitrogens with one attached hydrogen (secondary N) is 2. The molecule has 0 radical (unpaired) electrons. The van der Waals surface area contributed by atoms with Crippen LogP contribution >= 0.6 is 0 Å². The van der Waals surface area contributed by atoms with Crippen molar-refractivity contribution in [2.24, 2.45) is 0 Å². The van der Waals surface area contributed by atoms with E-state index in [1.54, 1.807) is 30.3 Å². The summed E-state index contributed by atoms with van der Waals surface area (Å²) in [5, 5.41) is 14.0. The predicted molar refractivity (Wildman–Crippen MR) is 120 cm³/mol. The first-order valence-electron chi connectivity index (χ1n) is 10.2. The topological polar surface area (TPSA) is 107 Å². The first-order valence-corrected chi connectivity index (χ1v) is 10.2. The zero-order valence-corrected chi connectivity index (χ0v) is 17.8. The number of hydrogen-bond donors (Lipinski definition) is 2. The Morgan fingerprint density at radius 1 is 0.969 bits per heavy atom. The van der Waals surface area contributed by atoms with Crippen molar-refractivity contribution in [2.45, 2.75) is 13.8 Å². The molecular weight excluding hydrogens is 406 g/mol. The van der Waals surface area contributed by atoms with Crippen LogP contribution in [-0.2, 0) is 0 Å². The number of aryl methyl sites for hydroxylation is 2. The number of rotatable bonds is 8. The van der Waals surface area contributed by atoms with Gasteiger partial charge in [-0.15, -0.1) is 5.10 Å². The number of nitrogens with zero attached hydrogens (tertiary/aromatic N) is 5. The quantitative estimate of drug-likeness (QED) is 0.414. The van der Waals surface area contributed by atoms with Gasteiger partial charge in [-0.1, -0.05) is 6.07 Å². The van der Waals surface area contributed by atoms with Crippen LogP contribution in [0, 0.1) is 13.8 Å². The molecule has 9 nitrogen and oxygen atoms in total. The predicted octanol–water partition coefficient (Wildman–Crippen LogP) is 3.31. The Balaban J connectivity index is 1.30. The van der Waals surface area contributed by atoms with Crippen LogP contribution in [0.25, 0.3) is 5.82 Å². The van der Waals surface area contributed by atoms with Crippen LogP contribution in [0.1, 0.15) is 21.9 Å². The van der Waals surface area contributed by atoms with Crippen LogP contribution in [0.2, 0.25) is 0 Å². The lowest BCUT2D eigenvalue weighted by atomic mass is 10.2. The highest BCUT2D eigenvalue weighted by atomic mass is 16.5. The number of ether oxygens (including phenoxy) is 1. The zero-order chi connectivity index (χ0) is 22.3. The minimum Gasteiger partial charge on any atom is -0.438 e. The lowest BCUT2D eigenvalue weighted by Crippen LogP contribution is -2.29. The largest absolute Gasteiger partial charge is 0.438 e. The normalized spacial score (nSPS) is 10.6. The molecule has 4 rings (SSSR count). The van der Waals surface area contributed by atoms with Gasteiger partial charge in [0, 0.05) is 43.2 Å². The van der Waals surface area contributed by atoms with Crippen molar-refractivity contribution in [2.75, 3.05) is 18.4 Å². The van der Waals surface area contributed by atoms with Crippen molar-refractivity contribution in [3.63, 3.8) is 0 Å². The second kappa shape index (κ2) is 9.69. The number of hydrogen-bond acceptors (Lipinski definition) is 7. The molecule has 0 saturated heterocycles. The fraction of sp³-hybridized carbons (Fsp3) is 0.174. The van der Waals surface area contributed by atoms with Crippen molar-refractivity contribution in [1.29, 1.82) is 0 Å². The maximum absolute atomic E-state index is 12.5. The average Bonchev–Trinajstić information content (AvgIpc) is 3.33. The number of aromatic nitrogens is 5. The van der Waals surface area contributed by atoms with Crippen LogP contribution in [0.3, 0.4) is 0 Å². The van der Waals surface area contributed by atoms with Gasteiger partial charge in [0.1, 0.15) is 23.2 Å². The lowest BCUT2D eigenvalue weighted by molar-refractivity contribution is 0.0955. The summed E-state index contributed by atoms with van der Waals surface area (Å²) in [6.07, 6.45) is 3.85. The van der Waals surface area contributed by atoms with Gasteiger partial charge in [0.25, 0.3) is 5.91 Å². The Morgan fingerprint density at radius 2 is 1.81 bits per heavy atom. The summed E-state index contributed by atoms with van der Waals surface area (Å²) in [6.45, 7) is 4.64. The van der Waals surface area contributed by atoms with E-state index in [9.17, 15) is 4.79 Å². The molecule has 0 aliphatic heterocycles. The van der Waals surface area contributed by atoms with Gasteiger partial charge in [0.2, 0.25) is 5.88 Å². The number of benzene rings is 1. The van der Waals surface area contributed by atoms with Gasteiger partial charge >= 0.3 is 0 Å². The highest BCUT2D eigenvalue weighted by molar-refractivity contribution is 5.94. The van der Waals surface area contributed by atoms with E-state index in [1.165, 1.54) is 0 Å². The molecule has 0 spiro atoms. The molecule has 1 amide bonds. The summed E-state index contributed by atoms with van der Waals surface area (Å²) in [5.41, 5.74) is 1.30. The van der Waals surface area contributed by atoms with Crippen LogP contribution in [-0.4, -0.2) is 43.7 Å². The van der Waals surface area contributed by atoms with Crippen molar-refractivity contribution in [3.8, 4) is 17.4 Å². The number of carbonyl (C=O) groups excluding carboxylic acids is 1. The molecule has 4 aromatic rings. The highest BCUT2D eigenvalue weighted by Crippen LogP contribution is 2.20. The van der Waals surface area contributed by atoms with E-state index in [0.717, 1.165) is 11.5 Å². The number of amides is 1. The van der Waals surface area contributed by atoms with Gasteiger partial charge in [0.05, 0.1) is 5.69 Å². The van der Waals surface area contributed by atoms with Gasteiger partial charge in [-0.3, -0.25) is 4.79 Å². The summed E-state index contributed by atoms with van der Waals surface area (Å²) in [6, 6.07) is 16.2. The molecule has 3 aromatic heterocycles. The molecule has 3 heterocycles. The second-order valence-electron chi connectivity index (χ2n) is 7.07. The van der Waals surface area contributed by atoms with E-state index < -0.39 is 0 Å². The van der Waals surface area contributed by atoms with Crippen molar-refractivity contribution in [3.05, 3.63) is 84.1 Å². The molecule has 0 fully saturated rings. The molecule has 0 saturated carbocycles. The van der Waals surface area contributed by atoms with E-state index in [1.807, 2.05) is 55.1 Å². The van der Waals surface area contributed by atoms with E-state index in [4.69, 9.17) is 4.74 Å². The molecule has 2 N–H and O–H groups in total. The van der Waals surface area contributed by atoms with Crippen LogP contribution in [0.15, 0.2) is 67.0 Å². The minimum absolute atomic E-state index is 0.195. The summed E-state index contributed by atoms with van der Waals surface area (Å²) in [7, 11) is 0. The Labute approximate surface area is 185 Å². The van der Waals surface area contributed by atoms with Gasteiger partial charge in [-0.2, -0.15) is 5.10 Å². The second-order valence-corrected chi connectivity index (χ2v) is 7.07. The minimum atomic E-state index is -0.195. The monoisotopic (exact) mass is 429 g/mol. The van der Waals surface area contributed by atoms with E-state index >= 15 is 0 Å². The maximum atomic E-state index is 12.5. The lowest BCUT2D eigenvalue weighted by Gasteiger charge is -2.10. The molecular formula is C23H23N7O2.